The summed E-state index contributed by atoms with van der Waals surface area (Å²) in [5, 5.41) is 2.67. The van der Waals surface area contributed by atoms with E-state index in [0.717, 1.165) is 6.26 Å². The fourth-order valence-corrected chi connectivity index (χ4v) is 2.65. The van der Waals surface area contributed by atoms with Crippen LogP contribution in [-0.2, 0) is 16.4 Å². The third-order valence-electron chi connectivity index (χ3n) is 3.19. The number of carbonyl (C=O) groups excluding carboxylic acids is 2. The van der Waals surface area contributed by atoms with E-state index in [9.17, 15) is 18.0 Å². The van der Waals surface area contributed by atoms with Crippen LogP contribution in [-0.4, -0.2) is 26.5 Å². The highest BCUT2D eigenvalue weighted by molar-refractivity contribution is 7.90. The Hall–Kier alpha value is -2.67. The lowest BCUT2D eigenvalue weighted by molar-refractivity contribution is 0.0950. The molecular formula is C16H16N2O4S. The van der Waals surface area contributed by atoms with E-state index in [4.69, 9.17) is 5.73 Å². The third kappa shape index (κ3) is 4.40. The molecule has 2 aromatic carbocycles. The van der Waals surface area contributed by atoms with Gasteiger partial charge >= 0.3 is 0 Å². The first kappa shape index (κ1) is 16.7. The molecule has 0 heterocycles. The van der Waals surface area contributed by atoms with Gasteiger partial charge in [0, 0.05) is 23.9 Å². The molecule has 0 radical (unpaired) electrons. The predicted octanol–water partition coefficient (Wildman–Crippen LogP) is 1.12. The molecule has 0 fully saturated rings. The fraction of sp³-hybridized carbons (Fsp3) is 0.125. The molecule has 6 nitrogen and oxygen atoms in total. The van der Waals surface area contributed by atoms with Crippen LogP contribution in [0, 0.1) is 0 Å². The molecule has 23 heavy (non-hydrogen) atoms. The summed E-state index contributed by atoms with van der Waals surface area (Å²) in [6.45, 7) is 0.197. The number of primary amides is 1. The number of nitrogens with one attached hydrogen (secondary N) is 1. The molecule has 0 unspecified atom stereocenters. The molecule has 120 valence electrons. The van der Waals surface area contributed by atoms with Crippen molar-refractivity contribution in [1.29, 1.82) is 0 Å². The van der Waals surface area contributed by atoms with Gasteiger partial charge in [0.05, 0.1) is 4.90 Å². The fourth-order valence-electron chi connectivity index (χ4n) is 1.99. The number of carbonyl (C=O) groups is 2. The average Bonchev–Trinajstić information content (AvgIpc) is 2.52. The van der Waals surface area contributed by atoms with Gasteiger partial charge in [0.15, 0.2) is 9.84 Å². The number of nitrogens with two attached hydrogens (primary N) is 1. The van der Waals surface area contributed by atoms with Crippen molar-refractivity contribution < 1.29 is 18.0 Å². The monoisotopic (exact) mass is 332 g/mol. The summed E-state index contributed by atoms with van der Waals surface area (Å²) in [5.41, 5.74) is 6.53. The Morgan fingerprint density at radius 1 is 1.04 bits per heavy atom. The molecular weight excluding hydrogens is 316 g/mol. The van der Waals surface area contributed by atoms with Gasteiger partial charge in [-0.1, -0.05) is 18.2 Å². The van der Waals surface area contributed by atoms with E-state index in [2.05, 4.69) is 5.32 Å². The first-order valence-electron chi connectivity index (χ1n) is 6.74. The molecule has 0 atom stereocenters. The highest BCUT2D eigenvalue weighted by Crippen LogP contribution is 2.12. The Morgan fingerprint density at radius 3 is 2.35 bits per heavy atom. The molecule has 2 aromatic rings. The molecule has 7 heteroatoms. The second kappa shape index (κ2) is 6.62. The van der Waals surface area contributed by atoms with Crippen molar-refractivity contribution in [2.45, 2.75) is 11.4 Å². The minimum atomic E-state index is -3.37. The maximum Gasteiger partial charge on any atom is 0.251 e. The third-order valence-corrected chi connectivity index (χ3v) is 4.30. The Kier molecular flexibility index (Phi) is 4.80. The van der Waals surface area contributed by atoms with Crippen LogP contribution < -0.4 is 11.1 Å². The molecule has 0 aliphatic heterocycles. The first-order chi connectivity index (χ1) is 10.8. The van der Waals surface area contributed by atoms with Gasteiger partial charge in [0.25, 0.3) is 5.91 Å². The first-order valence-corrected chi connectivity index (χ1v) is 8.63. The van der Waals surface area contributed by atoms with Crippen LogP contribution in [0.2, 0.25) is 0 Å². The van der Waals surface area contributed by atoms with E-state index in [-0.39, 0.29) is 17.0 Å². The molecule has 0 bridgehead atoms. The highest BCUT2D eigenvalue weighted by Gasteiger charge is 2.11. The standard InChI is InChI=1S/C16H16N2O4S/c1-23(21,22)14-7-3-6-13(9-14)16(20)18-10-11-4-2-5-12(8-11)15(17)19/h2-9H,10H2,1H3,(H2,17,19)(H,18,20). The quantitative estimate of drug-likeness (QED) is 0.855. The summed E-state index contributed by atoms with van der Waals surface area (Å²) in [6.07, 6.45) is 1.08. The molecule has 0 aliphatic carbocycles. The number of hydrogen-bond donors (Lipinski definition) is 2. The SMILES string of the molecule is CS(=O)(=O)c1cccc(C(=O)NCc2cccc(C(N)=O)c2)c1. The topological polar surface area (TPSA) is 106 Å². The van der Waals surface area contributed by atoms with Crippen molar-refractivity contribution in [3.05, 3.63) is 65.2 Å². The molecule has 0 saturated heterocycles. The summed E-state index contributed by atoms with van der Waals surface area (Å²) in [6, 6.07) is 12.4. The molecule has 0 aromatic heterocycles. The van der Waals surface area contributed by atoms with Crippen LogP contribution >= 0.6 is 0 Å². The molecule has 0 saturated carbocycles. The van der Waals surface area contributed by atoms with Crippen LogP contribution in [0.3, 0.4) is 0 Å². The summed E-state index contributed by atoms with van der Waals surface area (Å²) < 4.78 is 23.0. The Bertz CT molecular complexity index is 860. The van der Waals surface area contributed by atoms with E-state index >= 15 is 0 Å². The summed E-state index contributed by atoms with van der Waals surface area (Å²) in [7, 11) is -3.37. The van der Waals surface area contributed by atoms with Gasteiger partial charge in [-0.2, -0.15) is 0 Å². The highest BCUT2D eigenvalue weighted by atomic mass is 32.2. The van der Waals surface area contributed by atoms with Crippen LogP contribution in [0.4, 0.5) is 0 Å². The zero-order valence-corrected chi connectivity index (χ0v) is 13.3. The number of rotatable bonds is 5. The van der Waals surface area contributed by atoms with Gasteiger partial charge in [-0.3, -0.25) is 9.59 Å². The average molecular weight is 332 g/mol. The van der Waals surface area contributed by atoms with Gasteiger partial charge < -0.3 is 11.1 Å². The van der Waals surface area contributed by atoms with Crippen LogP contribution in [0.25, 0.3) is 0 Å². The van der Waals surface area contributed by atoms with Crippen molar-refractivity contribution in [2.75, 3.05) is 6.26 Å². The van der Waals surface area contributed by atoms with E-state index in [1.54, 1.807) is 24.3 Å². The van der Waals surface area contributed by atoms with Crippen LogP contribution in [0.15, 0.2) is 53.4 Å². The molecule has 0 spiro atoms. The number of hydrogen-bond acceptors (Lipinski definition) is 4. The molecule has 0 aliphatic rings. The number of amides is 2. The van der Waals surface area contributed by atoms with Gasteiger partial charge in [-0.05, 0) is 35.9 Å². The van der Waals surface area contributed by atoms with Gasteiger partial charge in [0.1, 0.15) is 0 Å². The lowest BCUT2D eigenvalue weighted by atomic mass is 10.1. The van der Waals surface area contributed by atoms with Crippen molar-refractivity contribution in [3.8, 4) is 0 Å². The number of benzene rings is 2. The van der Waals surface area contributed by atoms with E-state index in [0.29, 0.717) is 11.1 Å². The maximum atomic E-state index is 12.1. The number of sulfone groups is 1. The summed E-state index contributed by atoms with van der Waals surface area (Å²) in [5.74, 6) is -0.945. The van der Waals surface area contributed by atoms with Crippen LogP contribution in [0.1, 0.15) is 26.3 Å². The van der Waals surface area contributed by atoms with Crippen molar-refractivity contribution in [3.63, 3.8) is 0 Å². The lowest BCUT2D eigenvalue weighted by Crippen LogP contribution is -2.23. The largest absolute Gasteiger partial charge is 0.366 e. The normalized spacial score (nSPS) is 11.0. The van der Waals surface area contributed by atoms with Crippen molar-refractivity contribution in [1.82, 2.24) is 5.32 Å². The summed E-state index contributed by atoms with van der Waals surface area (Å²) in [4.78, 5) is 23.3. The summed E-state index contributed by atoms with van der Waals surface area (Å²) >= 11 is 0. The molecule has 3 N–H and O–H groups in total. The Morgan fingerprint density at radius 2 is 1.70 bits per heavy atom. The van der Waals surface area contributed by atoms with Gasteiger partial charge in [-0.25, -0.2) is 8.42 Å². The molecule has 2 rings (SSSR count). The van der Waals surface area contributed by atoms with Crippen LogP contribution in [0.5, 0.6) is 0 Å². The lowest BCUT2D eigenvalue weighted by Gasteiger charge is -2.07. The second-order valence-electron chi connectivity index (χ2n) is 5.05. The Balaban J connectivity index is 2.11. The van der Waals surface area contributed by atoms with E-state index in [1.165, 1.54) is 24.3 Å². The van der Waals surface area contributed by atoms with Gasteiger partial charge in [0.2, 0.25) is 5.91 Å². The maximum absolute atomic E-state index is 12.1. The van der Waals surface area contributed by atoms with Crippen molar-refractivity contribution >= 4 is 21.7 Å². The second-order valence-corrected chi connectivity index (χ2v) is 7.06. The minimum absolute atomic E-state index is 0.0841. The smallest absolute Gasteiger partial charge is 0.251 e. The zero-order valence-electron chi connectivity index (χ0n) is 12.4. The zero-order chi connectivity index (χ0) is 17.0. The molecule has 2 amide bonds. The Labute approximate surface area is 134 Å². The minimum Gasteiger partial charge on any atom is -0.366 e. The van der Waals surface area contributed by atoms with E-state index < -0.39 is 21.7 Å². The van der Waals surface area contributed by atoms with Gasteiger partial charge in [-0.15, -0.1) is 0 Å². The van der Waals surface area contributed by atoms with E-state index in [1.807, 2.05) is 0 Å². The van der Waals surface area contributed by atoms with Crippen molar-refractivity contribution in [2.24, 2.45) is 5.73 Å². The predicted molar refractivity (Wildman–Crippen MR) is 85.7 cm³/mol.